The zero-order chi connectivity index (χ0) is 22.4. The highest BCUT2D eigenvalue weighted by Crippen LogP contribution is 2.41. The largest absolute Gasteiger partial charge is 0.435 e. The van der Waals surface area contributed by atoms with E-state index in [2.05, 4.69) is 15.6 Å². The summed E-state index contributed by atoms with van der Waals surface area (Å²) in [5.41, 5.74) is 13.1. The molecule has 0 saturated carbocycles. The van der Waals surface area contributed by atoms with Crippen molar-refractivity contribution in [3.05, 3.63) is 49.6 Å². The van der Waals surface area contributed by atoms with Crippen molar-refractivity contribution in [1.82, 2.24) is 10.3 Å². The summed E-state index contributed by atoms with van der Waals surface area (Å²) < 4.78 is 6.11. The normalized spacial score (nSPS) is 10.9. The summed E-state index contributed by atoms with van der Waals surface area (Å²) in [6.45, 7) is 1.82. The molecular formula is C19H15ClN7O3S+. The highest BCUT2D eigenvalue weighted by molar-refractivity contribution is 7.21. The van der Waals surface area contributed by atoms with Crippen LogP contribution in [0.3, 0.4) is 0 Å². The van der Waals surface area contributed by atoms with Gasteiger partial charge in [-0.15, -0.1) is 11.3 Å². The van der Waals surface area contributed by atoms with E-state index in [4.69, 9.17) is 27.6 Å². The molecule has 10 nitrogen and oxygen atoms in total. The number of nitrogens with one attached hydrogen (secondary N) is 2. The van der Waals surface area contributed by atoms with E-state index in [9.17, 15) is 14.9 Å². The summed E-state index contributed by atoms with van der Waals surface area (Å²) in [6.07, 6.45) is 0. The first-order valence-electron chi connectivity index (χ1n) is 8.79. The number of aromatic amines is 1. The lowest BCUT2D eigenvalue weighted by Gasteiger charge is -2.08. The number of hydrogen-bond donors (Lipinski definition) is 4. The lowest BCUT2D eigenvalue weighted by atomic mass is 10.0. The van der Waals surface area contributed by atoms with Crippen LogP contribution >= 0.6 is 22.9 Å². The first kappa shape index (κ1) is 20.4. The number of thiophene rings is 1. The van der Waals surface area contributed by atoms with Gasteiger partial charge in [-0.2, -0.15) is 5.26 Å². The van der Waals surface area contributed by atoms with Gasteiger partial charge in [0.05, 0.1) is 16.6 Å². The smallest absolute Gasteiger partial charge is 0.397 e. The molecule has 1 aromatic carbocycles. The molecule has 0 spiro atoms. The SMILES string of the molecule is Cc1ccc(Cl)cc1NC(=O)c1sc2nc(N)c(C#N)c(-c3c(=O)o[nH][n+]3C)c2c1N. The van der Waals surface area contributed by atoms with Crippen LogP contribution in [0.2, 0.25) is 5.02 Å². The fourth-order valence-electron chi connectivity index (χ4n) is 3.21. The number of hydrogen-bond acceptors (Lipinski definition) is 8. The summed E-state index contributed by atoms with van der Waals surface area (Å²) in [6, 6.07) is 7.07. The average molecular weight is 457 g/mol. The van der Waals surface area contributed by atoms with Gasteiger partial charge < -0.3 is 16.8 Å². The number of anilines is 3. The van der Waals surface area contributed by atoms with E-state index in [1.807, 2.05) is 13.0 Å². The summed E-state index contributed by atoms with van der Waals surface area (Å²) in [5.74, 6) is -0.580. The molecule has 0 fully saturated rings. The van der Waals surface area contributed by atoms with E-state index in [0.29, 0.717) is 15.5 Å². The van der Waals surface area contributed by atoms with Crippen LogP contribution in [0.4, 0.5) is 17.2 Å². The molecule has 6 N–H and O–H groups in total. The Balaban J connectivity index is 1.95. The average Bonchev–Trinajstić information content (AvgIpc) is 3.22. The van der Waals surface area contributed by atoms with Gasteiger partial charge in [0.25, 0.3) is 5.91 Å². The van der Waals surface area contributed by atoms with Gasteiger partial charge in [0.2, 0.25) is 0 Å². The van der Waals surface area contributed by atoms with Crippen molar-refractivity contribution in [3.63, 3.8) is 0 Å². The third-order valence-corrected chi connectivity index (χ3v) is 6.04. The maximum absolute atomic E-state index is 13.0. The number of carbonyl (C=O) groups is 1. The quantitative estimate of drug-likeness (QED) is 0.343. The number of nitriles is 1. The maximum atomic E-state index is 13.0. The summed E-state index contributed by atoms with van der Waals surface area (Å²) in [5, 5.41) is 15.6. The number of halogens is 1. The molecule has 0 atom stereocenters. The van der Waals surface area contributed by atoms with E-state index in [1.54, 1.807) is 18.2 Å². The van der Waals surface area contributed by atoms with Gasteiger partial charge in [-0.3, -0.25) is 9.32 Å². The number of nitrogens with zero attached hydrogens (tertiary/aromatic N) is 3. The van der Waals surface area contributed by atoms with Gasteiger partial charge in [-0.25, -0.2) is 9.78 Å². The molecular weight excluding hydrogens is 442 g/mol. The summed E-state index contributed by atoms with van der Waals surface area (Å²) in [4.78, 5) is 30.0. The predicted molar refractivity (Wildman–Crippen MR) is 117 cm³/mol. The Kier molecular flexibility index (Phi) is 4.88. The fraction of sp³-hybridized carbons (Fsp3) is 0.105. The minimum Gasteiger partial charge on any atom is -0.397 e. The molecule has 0 unspecified atom stereocenters. The maximum Gasteiger partial charge on any atom is 0.435 e. The molecule has 4 rings (SSSR count). The Morgan fingerprint density at radius 2 is 2.16 bits per heavy atom. The number of aromatic nitrogens is 3. The topological polar surface area (TPSA) is 168 Å². The van der Waals surface area contributed by atoms with Crippen molar-refractivity contribution in [1.29, 1.82) is 5.26 Å². The second-order valence-electron chi connectivity index (χ2n) is 6.69. The zero-order valence-electron chi connectivity index (χ0n) is 16.2. The highest BCUT2D eigenvalue weighted by atomic mass is 35.5. The number of nitrogens with two attached hydrogens (primary N) is 2. The molecule has 4 aromatic rings. The zero-order valence-corrected chi connectivity index (χ0v) is 17.8. The van der Waals surface area contributed by atoms with Gasteiger partial charge in [0, 0.05) is 10.7 Å². The Morgan fingerprint density at radius 1 is 1.42 bits per heavy atom. The van der Waals surface area contributed by atoms with Crippen molar-refractivity contribution >= 4 is 56.3 Å². The monoisotopic (exact) mass is 456 g/mol. The molecule has 0 aliphatic carbocycles. The van der Waals surface area contributed by atoms with Crippen LogP contribution in [0, 0.1) is 18.3 Å². The molecule has 0 aliphatic heterocycles. The Labute approximate surface area is 183 Å². The number of benzene rings is 1. The first-order chi connectivity index (χ1) is 14.7. The number of aryl methyl sites for hydroxylation is 2. The van der Waals surface area contributed by atoms with E-state index in [1.165, 1.54) is 11.7 Å². The van der Waals surface area contributed by atoms with E-state index in [-0.39, 0.29) is 38.6 Å². The molecule has 1 amide bonds. The molecule has 3 aromatic heterocycles. The molecule has 156 valence electrons. The van der Waals surface area contributed by atoms with Crippen LogP contribution < -0.4 is 27.1 Å². The number of nitrogen functional groups attached to an aromatic ring is 2. The molecule has 0 aliphatic rings. The van der Waals surface area contributed by atoms with Crippen molar-refractivity contribution in [2.45, 2.75) is 6.92 Å². The molecule has 0 radical (unpaired) electrons. The van der Waals surface area contributed by atoms with Crippen molar-refractivity contribution in [2.24, 2.45) is 7.05 Å². The minimum absolute atomic E-state index is 0.0257. The van der Waals surface area contributed by atoms with Gasteiger partial charge in [0.15, 0.2) is 7.05 Å². The number of rotatable bonds is 3. The summed E-state index contributed by atoms with van der Waals surface area (Å²) in [7, 11) is 1.53. The molecule has 12 heteroatoms. The molecule has 3 heterocycles. The minimum atomic E-state index is -0.725. The standard InChI is InChI=1S/C19H14ClN7O3S/c1-7-3-4-8(20)5-10(7)24-17(28)15-13(22)12-11(14-19(29)30-26-27(14)2)9(6-21)16(23)25-18(12)31-15/h3-5H,1-2H3,(H5-,22,23,24,25,26,28,29)/p+1. The Morgan fingerprint density at radius 3 is 2.81 bits per heavy atom. The van der Waals surface area contributed by atoms with Crippen molar-refractivity contribution in [3.8, 4) is 17.3 Å². The highest BCUT2D eigenvalue weighted by Gasteiger charge is 2.32. The number of pyridine rings is 1. The second-order valence-corrected chi connectivity index (χ2v) is 8.12. The van der Waals surface area contributed by atoms with Crippen LogP contribution in [0.15, 0.2) is 27.5 Å². The van der Waals surface area contributed by atoms with Crippen LogP contribution in [-0.4, -0.2) is 16.2 Å². The van der Waals surface area contributed by atoms with Gasteiger partial charge in [-0.05, 0) is 29.9 Å². The van der Waals surface area contributed by atoms with Crippen LogP contribution in [0.25, 0.3) is 21.5 Å². The van der Waals surface area contributed by atoms with Gasteiger partial charge >= 0.3 is 11.3 Å². The second kappa shape index (κ2) is 7.42. The van der Waals surface area contributed by atoms with Crippen LogP contribution in [-0.2, 0) is 7.05 Å². The number of carbonyl (C=O) groups excluding carboxylic acids is 1. The Hall–Kier alpha value is -3.88. The molecule has 0 bridgehead atoms. The molecule has 0 saturated heterocycles. The number of amides is 1. The van der Waals surface area contributed by atoms with Crippen molar-refractivity contribution < 1.29 is 14.0 Å². The first-order valence-corrected chi connectivity index (χ1v) is 9.99. The third-order valence-electron chi connectivity index (χ3n) is 4.71. The van der Waals surface area contributed by atoms with Crippen molar-refractivity contribution in [2.75, 3.05) is 16.8 Å². The number of H-pyrrole nitrogens is 1. The molecule has 31 heavy (non-hydrogen) atoms. The third kappa shape index (κ3) is 3.27. The fourth-order valence-corrected chi connectivity index (χ4v) is 4.39. The van der Waals surface area contributed by atoms with E-state index in [0.717, 1.165) is 16.9 Å². The lowest BCUT2D eigenvalue weighted by Crippen LogP contribution is -2.34. The lowest BCUT2D eigenvalue weighted by molar-refractivity contribution is -0.730. The summed E-state index contributed by atoms with van der Waals surface area (Å²) >= 11 is 7.02. The van der Waals surface area contributed by atoms with Gasteiger partial charge in [-0.1, -0.05) is 22.3 Å². The van der Waals surface area contributed by atoms with E-state index >= 15 is 0 Å². The Bertz CT molecular complexity index is 1480. The van der Waals surface area contributed by atoms with E-state index < -0.39 is 11.5 Å². The predicted octanol–water partition coefficient (Wildman–Crippen LogP) is 2.32. The van der Waals surface area contributed by atoms with Crippen LogP contribution in [0.1, 0.15) is 20.8 Å². The van der Waals surface area contributed by atoms with Crippen LogP contribution in [0.5, 0.6) is 0 Å². The van der Waals surface area contributed by atoms with Gasteiger partial charge in [0.1, 0.15) is 27.2 Å². The number of fused-ring (bicyclic) bond motifs is 1.